The number of carbonyl (C=O) groups is 1. The van der Waals surface area contributed by atoms with Gasteiger partial charge in [-0.25, -0.2) is 8.42 Å². The molecule has 1 heterocycles. The molecule has 0 saturated carbocycles. The summed E-state index contributed by atoms with van der Waals surface area (Å²) in [6.45, 7) is 1.38. The maximum Gasteiger partial charge on any atom is 0.221 e. The normalized spacial score (nSPS) is 17.8. The van der Waals surface area contributed by atoms with Crippen LogP contribution in [-0.4, -0.2) is 25.8 Å². The molecule has 2 rings (SSSR count). The monoisotopic (exact) mass is 283 g/mol. The minimum Gasteiger partial charge on any atom is -0.328 e. The van der Waals surface area contributed by atoms with Crippen molar-refractivity contribution in [1.29, 1.82) is 0 Å². The molecule has 0 fully saturated rings. The molecule has 0 saturated heterocycles. The second kappa shape index (κ2) is 5.16. The van der Waals surface area contributed by atoms with E-state index in [1.54, 1.807) is 0 Å². The summed E-state index contributed by atoms with van der Waals surface area (Å²) in [5, 5.41) is 2.61. The van der Waals surface area contributed by atoms with Gasteiger partial charge in [0.25, 0.3) is 0 Å². The van der Waals surface area contributed by atoms with Crippen LogP contribution in [0.3, 0.4) is 0 Å². The van der Waals surface area contributed by atoms with E-state index in [4.69, 9.17) is 0 Å². The Morgan fingerprint density at radius 3 is 2.50 bits per heavy atom. The fourth-order valence-electron chi connectivity index (χ4n) is 1.68. The summed E-state index contributed by atoms with van der Waals surface area (Å²) >= 11 is 1.39. The first-order chi connectivity index (χ1) is 8.46. The lowest BCUT2D eigenvalue weighted by Crippen LogP contribution is -2.21. The first-order valence-electron chi connectivity index (χ1n) is 5.39. The Kier molecular flexibility index (Phi) is 3.77. The lowest BCUT2D eigenvalue weighted by molar-refractivity contribution is -0.118. The van der Waals surface area contributed by atoms with Crippen molar-refractivity contribution in [2.45, 2.75) is 11.8 Å². The molecule has 1 N–H and O–H groups in total. The minimum atomic E-state index is -3.12. The van der Waals surface area contributed by atoms with Gasteiger partial charge in [-0.15, -0.1) is 0 Å². The highest BCUT2D eigenvalue weighted by molar-refractivity contribution is 8.05. The zero-order valence-electron chi connectivity index (χ0n) is 9.84. The van der Waals surface area contributed by atoms with E-state index < -0.39 is 9.84 Å². The van der Waals surface area contributed by atoms with Crippen LogP contribution in [0.1, 0.15) is 6.92 Å². The fourth-order valence-corrected chi connectivity index (χ4v) is 4.73. The van der Waals surface area contributed by atoms with Crippen LogP contribution in [0.4, 0.5) is 0 Å². The molecule has 18 heavy (non-hydrogen) atoms. The molecule has 0 unspecified atom stereocenters. The Labute approximate surface area is 110 Å². The van der Waals surface area contributed by atoms with Crippen molar-refractivity contribution in [3.8, 4) is 0 Å². The van der Waals surface area contributed by atoms with Crippen LogP contribution in [0, 0.1) is 0 Å². The van der Waals surface area contributed by atoms with Gasteiger partial charge in [-0.2, -0.15) is 0 Å². The van der Waals surface area contributed by atoms with Gasteiger partial charge in [-0.1, -0.05) is 30.0 Å². The SMILES string of the molecule is CC(=O)NC1=C(Sc2ccccc2)CS(=O)(=O)C1. The number of thioether (sulfide) groups is 1. The number of carbonyl (C=O) groups excluding carboxylic acids is 1. The largest absolute Gasteiger partial charge is 0.328 e. The molecular weight excluding hydrogens is 270 g/mol. The molecule has 1 aromatic carbocycles. The second-order valence-corrected chi connectivity index (χ2v) is 7.26. The van der Waals surface area contributed by atoms with E-state index in [0.717, 1.165) is 4.90 Å². The Morgan fingerprint density at radius 1 is 1.22 bits per heavy atom. The number of sulfone groups is 1. The second-order valence-electron chi connectivity index (χ2n) is 4.03. The van der Waals surface area contributed by atoms with Gasteiger partial charge in [0.05, 0.1) is 11.5 Å². The third kappa shape index (κ3) is 3.36. The summed E-state index contributed by atoms with van der Waals surface area (Å²) in [6.07, 6.45) is 0. The summed E-state index contributed by atoms with van der Waals surface area (Å²) in [7, 11) is -3.12. The van der Waals surface area contributed by atoms with Crippen molar-refractivity contribution in [2.75, 3.05) is 11.5 Å². The highest BCUT2D eigenvalue weighted by Gasteiger charge is 2.28. The average Bonchev–Trinajstić information content (AvgIpc) is 2.53. The summed E-state index contributed by atoms with van der Waals surface area (Å²) in [4.78, 5) is 12.7. The molecule has 0 atom stereocenters. The van der Waals surface area contributed by atoms with Gasteiger partial charge < -0.3 is 5.32 Å². The highest BCUT2D eigenvalue weighted by Crippen LogP contribution is 2.33. The predicted octanol–water partition coefficient (Wildman–Crippen LogP) is 1.55. The van der Waals surface area contributed by atoms with Gasteiger partial charge in [0, 0.05) is 22.4 Å². The van der Waals surface area contributed by atoms with Crippen LogP contribution >= 0.6 is 11.8 Å². The minimum absolute atomic E-state index is 0.00216. The maximum atomic E-state index is 11.6. The molecule has 4 nitrogen and oxygen atoms in total. The molecule has 1 aliphatic rings. The van der Waals surface area contributed by atoms with Crippen molar-refractivity contribution >= 4 is 27.5 Å². The Balaban J connectivity index is 2.24. The van der Waals surface area contributed by atoms with Crippen molar-refractivity contribution in [2.24, 2.45) is 0 Å². The zero-order valence-corrected chi connectivity index (χ0v) is 11.5. The third-order valence-corrected chi connectivity index (χ3v) is 5.15. The number of hydrogen-bond acceptors (Lipinski definition) is 4. The van der Waals surface area contributed by atoms with Crippen LogP contribution in [0.25, 0.3) is 0 Å². The number of rotatable bonds is 3. The van der Waals surface area contributed by atoms with Gasteiger partial charge in [0.15, 0.2) is 9.84 Å². The summed E-state index contributed by atoms with van der Waals surface area (Å²) < 4.78 is 23.2. The van der Waals surface area contributed by atoms with Gasteiger partial charge >= 0.3 is 0 Å². The van der Waals surface area contributed by atoms with E-state index in [0.29, 0.717) is 10.6 Å². The third-order valence-electron chi connectivity index (χ3n) is 2.36. The summed E-state index contributed by atoms with van der Waals surface area (Å²) in [5.41, 5.74) is 0.511. The van der Waals surface area contributed by atoms with Crippen LogP contribution in [0.15, 0.2) is 45.8 Å². The van der Waals surface area contributed by atoms with E-state index in [2.05, 4.69) is 5.32 Å². The van der Waals surface area contributed by atoms with E-state index in [1.807, 2.05) is 30.3 Å². The number of benzene rings is 1. The number of hydrogen-bond donors (Lipinski definition) is 1. The number of nitrogens with one attached hydrogen (secondary N) is 1. The van der Waals surface area contributed by atoms with Crippen molar-refractivity contribution in [1.82, 2.24) is 5.32 Å². The standard InChI is InChI=1S/C12H13NO3S2/c1-9(14)13-11-7-18(15,16)8-12(11)17-10-5-3-2-4-6-10/h2-6H,7-8H2,1H3,(H,13,14). The molecule has 6 heteroatoms. The van der Waals surface area contributed by atoms with E-state index in [1.165, 1.54) is 18.7 Å². The Morgan fingerprint density at radius 2 is 1.89 bits per heavy atom. The summed E-state index contributed by atoms with van der Waals surface area (Å²) in [6, 6.07) is 9.51. The zero-order chi connectivity index (χ0) is 13.2. The fraction of sp³-hybridized carbons (Fsp3) is 0.250. The van der Waals surface area contributed by atoms with Gasteiger partial charge in [-0.3, -0.25) is 4.79 Å². The van der Waals surface area contributed by atoms with Crippen molar-refractivity contribution in [3.05, 3.63) is 40.9 Å². The highest BCUT2D eigenvalue weighted by atomic mass is 32.2. The predicted molar refractivity (Wildman–Crippen MR) is 71.8 cm³/mol. The molecular formula is C12H13NO3S2. The van der Waals surface area contributed by atoms with Crippen molar-refractivity contribution in [3.63, 3.8) is 0 Å². The van der Waals surface area contributed by atoms with Crippen LogP contribution in [0.2, 0.25) is 0 Å². The van der Waals surface area contributed by atoms with E-state index >= 15 is 0 Å². The maximum absolute atomic E-state index is 11.6. The summed E-state index contributed by atoms with van der Waals surface area (Å²) in [5.74, 6) is -0.322. The van der Waals surface area contributed by atoms with Crippen LogP contribution in [-0.2, 0) is 14.6 Å². The molecule has 0 radical (unpaired) electrons. The first kappa shape index (κ1) is 13.2. The van der Waals surface area contributed by atoms with Crippen LogP contribution < -0.4 is 5.32 Å². The number of amides is 1. The molecule has 96 valence electrons. The van der Waals surface area contributed by atoms with E-state index in [9.17, 15) is 13.2 Å². The van der Waals surface area contributed by atoms with Crippen molar-refractivity contribution < 1.29 is 13.2 Å². The first-order valence-corrected chi connectivity index (χ1v) is 8.03. The molecule has 1 aromatic rings. The Hall–Kier alpha value is -1.27. The van der Waals surface area contributed by atoms with Crippen LogP contribution in [0.5, 0.6) is 0 Å². The van der Waals surface area contributed by atoms with Gasteiger partial charge in [0.1, 0.15) is 0 Å². The molecule has 1 aliphatic heterocycles. The molecule has 1 amide bonds. The van der Waals surface area contributed by atoms with Gasteiger partial charge in [-0.05, 0) is 12.1 Å². The lowest BCUT2D eigenvalue weighted by Gasteiger charge is -2.05. The quantitative estimate of drug-likeness (QED) is 0.914. The topological polar surface area (TPSA) is 63.2 Å². The Bertz CT molecular complexity index is 591. The molecule has 0 bridgehead atoms. The van der Waals surface area contributed by atoms with Gasteiger partial charge in [0.2, 0.25) is 5.91 Å². The average molecular weight is 283 g/mol. The molecule has 0 aliphatic carbocycles. The molecule has 0 spiro atoms. The lowest BCUT2D eigenvalue weighted by atomic mass is 10.4. The molecule has 0 aromatic heterocycles. The van der Waals surface area contributed by atoms with E-state index in [-0.39, 0.29) is 17.4 Å². The smallest absolute Gasteiger partial charge is 0.221 e.